The molecule has 0 unspecified atom stereocenters. The number of methoxy groups -OCH3 is 3. The van der Waals surface area contributed by atoms with Crippen LogP contribution in [0.4, 0.5) is 0 Å². The maximum Gasteiger partial charge on any atom is 0.246 e. The van der Waals surface area contributed by atoms with Crippen molar-refractivity contribution in [3.05, 3.63) is 53.0 Å². The molecule has 3 aromatic rings. The highest BCUT2D eigenvalue weighted by Gasteiger charge is 2.21. The summed E-state index contributed by atoms with van der Waals surface area (Å²) in [7, 11) is 4.71. The number of ether oxygens (including phenoxy) is 3. The molecule has 1 aliphatic rings. The van der Waals surface area contributed by atoms with Crippen LogP contribution in [0.15, 0.2) is 42.5 Å². The van der Waals surface area contributed by atoms with E-state index in [1.54, 1.807) is 44.8 Å². The summed E-state index contributed by atoms with van der Waals surface area (Å²) in [4.78, 5) is 21.7. The van der Waals surface area contributed by atoms with E-state index >= 15 is 0 Å². The Morgan fingerprint density at radius 1 is 1.03 bits per heavy atom. The van der Waals surface area contributed by atoms with Crippen LogP contribution in [0.25, 0.3) is 16.3 Å². The normalized spacial score (nSPS) is 14.8. The Hall–Kier alpha value is -3.10. The summed E-state index contributed by atoms with van der Waals surface area (Å²) in [6, 6.07) is 11.9. The third-order valence-electron chi connectivity index (χ3n) is 5.49. The maximum atomic E-state index is 12.7. The number of carbonyl (C=O) groups excluding carboxylic acids is 1. The van der Waals surface area contributed by atoms with Crippen molar-refractivity contribution in [2.24, 2.45) is 0 Å². The van der Waals surface area contributed by atoms with Crippen LogP contribution in [0, 0.1) is 0 Å². The van der Waals surface area contributed by atoms with Crippen LogP contribution in [-0.2, 0) is 11.3 Å². The summed E-state index contributed by atoms with van der Waals surface area (Å²) >= 11 is 1.74. The van der Waals surface area contributed by atoms with Gasteiger partial charge in [0.25, 0.3) is 0 Å². The first-order valence-electron chi connectivity index (χ1n) is 10.4. The molecule has 1 fully saturated rings. The second-order valence-electron chi connectivity index (χ2n) is 7.47. The number of rotatable bonds is 7. The molecule has 1 aliphatic heterocycles. The molecule has 2 heterocycles. The Balaban J connectivity index is 1.34. The molecule has 0 bridgehead atoms. The minimum Gasteiger partial charge on any atom is -0.493 e. The summed E-state index contributed by atoms with van der Waals surface area (Å²) in [5.41, 5.74) is 1.86. The summed E-state index contributed by atoms with van der Waals surface area (Å²) in [6.07, 6.45) is 3.38. The fourth-order valence-electron chi connectivity index (χ4n) is 3.78. The average molecular weight is 454 g/mol. The lowest BCUT2D eigenvalue weighted by atomic mass is 10.1. The third-order valence-corrected chi connectivity index (χ3v) is 6.51. The zero-order valence-corrected chi connectivity index (χ0v) is 19.4. The molecule has 1 saturated heterocycles. The van der Waals surface area contributed by atoms with Gasteiger partial charge < -0.3 is 19.1 Å². The number of benzene rings is 2. The Kier molecular flexibility index (Phi) is 6.92. The van der Waals surface area contributed by atoms with Crippen LogP contribution in [0.2, 0.25) is 0 Å². The first-order chi connectivity index (χ1) is 15.6. The molecule has 1 aromatic heterocycles. The molecule has 32 heavy (non-hydrogen) atoms. The molecule has 2 aromatic carbocycles. The highest BCUT2D eigenvalue weighted by atomic mass is 32.1. The van der Waals surface area contributed by atoms with Crippen LogP contribution in [-0.4, -0.2) is 68.2 Å². The van der Waals surface area contributed by atoms with Crippen molar-refractivity contribution in [1.82, 2.24) is 14.8 Å². The molecule has 0 spiro atoms. The van der Waals surface area contributed by atoms with Gasteiger partial charge in [-0.15, -0.1) is 11.3 Å². The Labute approximate surface area is 191 Å². The third kappa shape index (κ3) is 4.87. The van der Waals surface area contributed by atoms with Crippen molar-refractivity contribution in [3.8, 4) is 17.2 Å². The molecule has 0 saturated carbocycles. The second-order valence-corrected chi connectivity index (χ2v) is 8.58. The molecule has 0 radical (unpaired) electrons. The molecule has 0 atom stereocenters. The number of piperazine rings is 1. The monoisotopic (exact) mass is 453 g/mol. The number of nitrogens with zero attached hydrogens (tertiary/aromatic N) is 3. The molecular formula is C24H27N3O4S. The number of aromatic nitrogens is 1. The van der Waals surface area contributed by atoms with Gasteiger partial charge in [0.1, 0.15) is 5.01 Å². The van der Waals surface area contributed by atoms with E-state index in [-0.39, 0.29) is 5.91 Å². The maximum absolute atomic E-state index is 12.7. The van der Waals surface area contributed by atoms with Gasteiger partial charge in [-0.2, -0.15) is 0 Å². The van der Waals surface area contributed by atoms with E-state index < -0.39 is 0 Å². The van der Waals surface area contributed by atoms with Crippen molar-refractivity contribution in [2.45, 2.75) is 6.54 Å². The summed E-state index contributed by atoms with van der Waals surface area (Å²) in [6.45, 7) is 3.88. The lowest BCUT2D eigenvalue weighted by molar-refractivity contribution is -0.127. The summed E-state index contributed by atoms with van der Waals surface area (Å²) in [5, 5.41) is 1.12. The lowest BCUT2D eigenvalue weighted by Gasteiger charge is -2.33. The predicted molar refractivity (Wildman–Crippen MR) is 127 cm³/mol. The van der Waals surface area contributed by atoms with Crippen molar-refractivity contribution in [3.63, 3.8) is 0 Å². The average Bonchev–Trinajstić information content (AvgIpc) is 3.24. The first kappa shape index (κ1) is 22.1. The number of amides is 1. The Bertz CT molecular complexity index is 1060. The van der Waals surface area contributed by atoms with Crippen molar-refractivity contribution in [1.29, 1.82) is 0 Å². The molecule has 4 rings (SSSR count). The zero-order valence-electron chi connectivity index (χ0n) is 18.5. The van der Waals surface area contributed by atoms with Crippen molar-refractivity contribution < 1.29 is 19.0 Å². The van der Waals surface area contributed by atoms with Gasteiger partial charge in [0.2, 0.25) is 11.7 Å². The van der Waals surface area contributed by atoms with Gasteiger partial charge in [0, 0.05) is 32.3 Å². The van der Waals surface area contributed by atoms with E-state index in [1.165, 1.54) is 4.70 Å². The molecule has 168 valence electrons. The Morgan fingerprint density at radius 3 is 2.34 bits per heavy atom. The van der Waals surface area contributed by atoms with E-state index in [0.717, 1.165) is 35.7 Å². The topological polar surface area (TPSA) is 64.1 Å². The van der Waals surface area contributed by atoms with Gasteiger partial charge in [0.05, 0.1) is 38.1 Å². The van der Waals surface area contributed by atoms with Crippen LogP contribution in [0.5, 0.6) is 17.2 Å². The largest absolute Gasteiger partial charge is 0.493 e. The molecule has 7 nitrogen and oxygen atoms in total. The highest BCUT2D eigenvalue weighted by molar-refractivity contribution is 7.18. The van der Waals surface area contributed by atoms with E-state index in [2.05, 4.69) is 11.0 Å². The standard InChI is InChI=1S/C24H27N3O4S/c1-29-19-14-17(15-20(30-2)24(19)31-3)8-9-23(28)27-12-10-26(11-13-27)16-22-25-18-6-4-5-7-21(18)32-22/h4-9,14-15H,10-13,16H2,1-3H3/b9-8+. The van der Waals surface area contributed by atoms with Gasteiger partial charge in [-0.3, -0.25) is 9.69 Å². The first-order valence-corrected chi connectivity index (χ1v) is 11.3. The quantitative estimate of drug-likeness (QED) is 0.509. The fraction of sp³-hybridized carbons (Fsp3) is 0.333. The number of hydrogen-bond acceptors (Lipinski definition) is 7. The molecule has 0 N–H and O–H groups in total. The predicted octanol–water partition coefficient (Wildman–Crippen LogP) is 3.68. The number of fused-ring (bicyclic) bond motifs is 1. The van der Waals surface area contributed by atoms with E-state index in [1.807, 2.05) is 35.2 Å². The number of hydrogen-bond donors (Lipinski definition) is 0. The van der Waals surface area contributed by atoms with E-state index in [0.29, 0.717) is 30.3 Å². The van der Waals surface area contributed by atoms with Gasteiger partial charge in [0.15, 0.2) is 11.5 Å². The molecule has 8 heteroatoms. The minimum absolute atomic E-state index is 0.00149. The Morgan fingerprint density at radius 2 is 1.72 bits per heavy atom. The summed E-state index contributed by atoms with van der Waals surface area (Å²) < 4.78 is 17.3. The SMILES string of the molecule is COc1cc(/C=C/C(=O)N2CCN(Cc3nc4ccccc4s3)CC2)cc(OC)c1OC. The molecular weight excluding hydrogens is 426 g/mol. The van der Waals surface area contributed by atoms with Crippen LogP contribution >= 0.6 is 11.3 Å². The van der Waals surface area contributed by atoms with E-state index in [4.69, 9.17) is 19.2 Å². The van der Waals surface area contributed by atoms with Gasteiger partial charge in [-0.05, 0) is 35.9 Å². The minimum atomic E-state index is -0.00149. The van der Waals surface area contributed by atoms with Gasteiger partial charge >= 0.3 is 0 Å². The van der Waals surface area contributed by atoms with Crippen LogP contribution in [0.1, 0.15) is 10.6 Å². The van der Waals surface area contributed by atoms with Crippen LogP contribution in [0.3, 0.4) is 0 Å². The highest BCUT2D eigenvalue weighted by Crippen LogP contribution is 2.38. The van der Waals surface area contributed by atoms with Gasteiger partial charge in [-0.25, -0.2) is 4.98 Å². The summed E-state index contributed by atoms with van der Waals surface area (Å²) in [5.74, 6) is 1.64. The van der Waals surface area contributed by atoms with Crippen molar-refractivity contribution in [2.75, 3.05) is 47.5 Å². The van der Waals surface area contributed by atoms with Crippen LogP contribution < -0.4 is 14.2 Å². The van der Waals surface area contributed by atoms with E-state index in [9.17, 15) is 4.79 Å². The lowest BCUT2D eigenvalue weighted by Crippen LogP contribution is -2.47. The second kappa shape index (κ2) is 10.0. The molecule has 0 aliphatic carbocycles. The fourth-order valence-corrected chi connectivity index (χ4v) is 4.79. The van der Waals surface area contributed by atoms with Gasteiger partial charge in [-0.1, -0.05) is 12.1 Å². The number of thiazole rings is 1. The number of carbonyl (C=O) groups is 1. The number of para-hydroxylation sites is 1. The smallest absolute Gasteiger partial charge is 0.246 e. The molecule has 1 amide bonds. The zero-order chi connectivity index (χ0) is 22.5. The van der Waals surface area contributed by atoms with Crippen molar-refractivity contribution >= 4 is 33.5 Å².